The smallest absolute Gasteiger partial charge is 0.191 e. The second-order valence-corrected chi connectivity index (χ2v) is 5.85. The molecule has 6 heteroatoms. The van der Waals surface area contributed by atoms with Crippen LogP contribution in [0.15, 0.2) is 41.4 Å². The summed E-state index contributed by atoms with van der Waals surface area (Å²) in [4.78, 5) is 6.65. The van der Waals surface area contributed by atoms with Crippen LogP contribution in [-0.4, -0.2) is 38.7 Å². The first-order chi connectivity index (χ1) is 10.7. The van der Waals surface area contributed by atoms with Crippen molar-refractivity contribution in [2.24, 2.45) is 4.99 Å². The highest BCUT2D eigenvalue weighted by molar-refractivity contribution is 14.0. The fourth-order valence-corrected chi connectivity index (χ4v) is 2.80. The zero-order valence-corrected chi connectivity index (χ0v) is 16.8. The van der Waals surface area contributed by atoms with Crippen molar-refractivity contribution in [1.82, 2.24) is 10.6 Å². The quantitative estimate of drug-likeness (QED) is 0.237. The van der Waals surface area contributed by atoms with Crippen LogP contribution in [0.25, 0.3) is 0 Å². The predicted octanol–water partition coefficient (Wildman–Crippen LogP) is 3.67. The number of guanidine groups is 1. The molecule has 1 aliphatic heterocycles. The lowest BCUT2D eigenvalue weighted by molar-refractivity contribution is 0.649. The van der Waals surface area contributed by atoms with Crippen molar-refractivity contribution in [1.29, 1.82) is 0 Å². The summed E-state index contributed by atoms with van der Waals surface area (Å²) in [6.07, 6.45) is 6.33. The summed E-state index contributed by atoms with van der Waals surface area (Å²) in [5.41, 5.74) is 1.19. The molecule has 128 valence electrons. The number of hydrogen-bond donors (Lipinski definition) is 2. The second-order valence-electron chi connectivity index (χ2n) is 5.41. The summed E-state index contributed by atoms with van der Waals surface area (Å²) in [6.45, 7) is 4.94. The van der Waals surface area contributed by atoms with Crippen molar-refractivity contribution in [2.75, 3.05) is 31.6 Å². The van der Waals surface area contributed by atoms with Gasteiger partial charge in [-0.15, -0.1) is 24.0 Å². The van der Waals surface area contributed by atoms with Gasteiger partial charge in [-0.05, 0) is 38.0 Å². The van der Waals surface area contributed by atoms with Gasteiger partial charge in [0.05, 0.1) is 0 Å². The maximum atomic E-state index is 6.07. The molecule has 0 aliphatic carbocycles. The van der Waals surface area contributed by atoms with Gasteiger partial charge in [0.25, 0.3) is 0 Å². The summed E-state index contributed by atoms with van der Waals surface area (Å²) in [5.74, 6) is 0.877. The van der Waals surface area contributed by atoms with Gasteiger partial charge in [0, 0.05) is 43.4 Å². The van der Waals surface area contributed by atoms with Crippen LogP contribution in [0.2, 0.25) is 5.02 Å². The minimum Gasteiger partial charge on any atom is -0.369 e. The number of nitrogens with one attached hydrogen (secondary N) is 2. The van der Waals surface area contributed by atoms with E-state index in [-0.39, 0.29) is 24.0 Å². The molecule has 1 saturated heterocycles. The van der Waals surface area contributed by atoms with Gasteiger partial charge in [0.15, 0.2) is 5.96 Å². The molecule has 1 atom stereocenters. The van der Waals surface area contributed by atoms with Crippen LogP contribution in [0.5, 0.6) is 0 Å². The fraction of sp³-hybridized carbons (Fsp3) is 0.471. The minimum atomic E-state index is 0. The monoisotopic (exact) mass is 448 g/mol. The van der Waals surface area contributed by atoms with E-state index in [1.807, 2.05) is 32.2 Å². The first-order valence-electron chi connectivity index (χ1n) is 7.81. The van der Waals surface area contributed by atoms with Gasteiger partial charge >= 0.3 is 0 Å². The van der Waals surface area contributed by atoms with Gasteiger partial charge in [-0.25, -0.2) is 0 Å². The molecule has 23 heavy (non-hydrogen) atoms. The van der Waals surface area contributed by atoms with Crippen LogP contribution >= 0.6 is 35.6 Å². The van der Waals surface area contributed by atoms with E-state index in [0.717, 1.165) is 43.5 Å². The topological polar surface area (TPSA) is 39.7 Å². The highest BCUT2D eigenvalue weighted by Crippen LogP contribution is 2.23. The van der Waals surface area contributed by atoms with Gasteiger partial charge in [0.1, 0.15) is 0 Å². The number of allylic oxidation sites excluding steroid dienone is 1. The molecule has 0 saturated carbocycles. The van der Waals surface area contributed by atoms with Gasteiger partial charge in [-0.2, -0.15) is 0 Å². The molecule has 1 aromatic carbocycles. The second kappa shape index (κ2) is 10.8. The average molecular weight is 449 g/mol. The number of benzene rings is 1. The lowest BCUT2D eigenvalue weighted by Gasteiger charge is -2.20. The molecular formula is C17H26ClIN4. The molecule has 2 rings (SSSR count). The third kappa shape index (κ3) is 6.59. The zero-order valence-electron chi connectivity index (χ0n) is 13.8. The Balaban J connectivity index is 0.00000264. The summed E-state index contributed by atoms with van der Waals surface area (Å²) >= 11 is 6.07. The Labute approximate surface area is 161 Å². The van der Waals surface area contributed by atoms with E-state index < -0.39 is 0 Å². The van der Waals surface area contributed by atoms with Crippen LogP contribution in [0, 0.1) is 0 Å². The van der Waals surface area contributed by atoms with E-state index in [4.69, 9.17) is 11.6 Å². The molecule has 2 N–H and O–H groups in total. The predicted molar refractivity (Wildman–Crippen MR) is 111 cm³/mol. The third-order valence-electron chi connectivity index (χ3n) is 3.77. The van der Waals surface area contributed by atoms with Crippen molar-refractivity contribution in [3.63, 3.8) is 0 Å². The standard InChI is InChI=1S/C17H25ClN4.HI/c1-3-4-5-10-20-17(19-2)21-15-9-11-22(13-15)16-8-6-7-14(18)12-16;/h3-4,6-8,12,15H,5,9-11,13H2,1-2H3,(H2,19,20,21);1H/b4-3+;. The van der Waals surface area contributed by atoms with Gasteiger partial charge in [-0.3, -0.25) is 4.99 Å². The van der Waals surface area contributed by atoms with E-state index in [1.54, 1.807) is 0 Å². The molecular weight excluding hydrogens is 423 g/mol. The zero-order chi connectivity index (χ0) is 15.8. The van der Waals surface area contributed by atoms with E-state index in [1.165, 1.54) is 5.69 Å². The van der Waals surface area contributed by atoms with Crippen LogP contribution in [0.1, 0.15) is 19.8 Å². The number of aliphatic imine (C=N–C) groups is 1. The van der Waals surface area contributed by atoms with Gasteiger partial charge in [-0.1, -0.05) is 29.8 Å². The summed E-state index contributed by atoms with van der Waals surface area (Å²) in [7, 11) is 1.81. The average Bonchev–Trinajstić information content (AvgIpc) is 2.99. The number of hydrogen-bond acceptors (Lipinski definition) is 2. The lowest BCUT2D eigenvalue weighted by atomic mass is 10.2. The minimum absolute atomic E-state index is 0. The number of halogens is 2. The van der Waals surface area contributed by atoms with Crippen molar-refractivity contribution < 1.29 is 0 Å². The number of anilines is 1. The highest BCUT2D eigenvalue weighted by Gasteiger charge is 2.23. The molecule has 1 aromatic rings. The highest BCUT2D eigenvalue weighted by atomic mass is 127. The van der Waals surface area contributed by atoms with Crippen LogP contribution in [-0.2, 0) is 0 Å². The fourth-order valence-electron chi connectivity index (χ4n) is 2.61. The molecule has 4 nitrogen and oxygen atoms in total. The molecule has 1 fully saturated rings. The number of nitrogens with zero attached hydrogens (tertiary/aromatic N) is 2. The first kappa shape index (κ1) is 20.1. The van der Waals surface area contributed by atoms with Crippen LogP contribution in [0.3, 0.4) is 0 Å². The maximum absolute atomic E-state index is 6.07. The Morgan fingerprint density at radius 2 is 2.30 bits per heavy atom. The lowest BCUT2D eigenvalue weighted by Crippen LogP contribution is -2.44. The van der Waals surface area contributed by atoms with Crippen molar-refractivity contribution >= 4 is 47.2 Å². The van der Waals surface area contributed by atoms with E-state index >= 15 is 0 Å². The largest absolute Gasteiger partial charge is 0.369 e. The van der Waals surface area contributed by atoms with Crippen molar-refractivity contribution in [3.05, 3.63) is 41.4 Å². The molecule has 0 bridgehead atoms. The molecule has 0 amide bonds. The van der Waals surface area contributed by atoms with E-state index in [9.17, 15) is 0 Å². The van der Waals surface area contributed by atoms with E-state index in [0.29, 0.717) is 6.04 Å². The molecule has 0 spiro atoms. The molecule has 1 aliphatic rings. The summed E-state index contributed by atoms with van der Waals surface area (Å²) in [6, 6.07) is 8.45. The van der Waals surface area contributed by atoms with Crippen LogP contribution in [0.4, 0.5) is 5.69 Å². The van der Waals surface area contributed by atoms with Gasteiger partial charge < -0.3 is 15.5 Å². The first-order valence-corrected chi connectivity index (χ1v) is 8.19. The SMILES string of the molecule is C/C=C/CCNC(=NC)NC1CCN(c2cccc(Cl)c2)C1.I. The van der Waals surface area contributed by atoms with E-state index in [2.05, 4.69) is 38.7 Å². The Bertz CT molecular complexity index is 533. The number of rotatable bonds is 5. The Hall–Kier alpha value is -0.950. The summed E-state index contributed by atoms with van der Waals surface area (Å²) in [5, 5.41) is 7.63. The van der Waals surface area contributed by atoms with Crippen molar-refractivity contribution in [3.8, 4) is 0 Å². The van der Waals surface area contributed by atoms with Crippen molar-refractivity contribution in [2.45, 2.75) is 25.8 Å². The molecule has 1 heterocycles. The summed E-state index contributed by atoms with van der Waals surface area (Å²) < 4.78 is 0. The Morgan fingerprint density at radius 1 is 1.48 bits per heavy atom. The normalized spacial score (nSPS) is 18.1. The molecule has 0 aromatic heterocycles. The van der Waals surface area contributed by atoms with Gasteiger partial charge in [0.2, 0.25) is 0 Å². The third-order valence-corrected chi connectivity index (χ3v) is 4.00. The molecule has 1 unspecified atom stereocenters. The maximum Gasteiger partial charge on any atom is 0.191 e. The Morgan fingerprint density at radius 3 is 3.00 bits per heavy atom. The Kier molecular flexibility index (Phi) is 9.40. The molecule has 0 radical (unpaired) electrons. The van der Waals surface area contributed by atoms with Crippen LogP contribution < -0.4 is 15.5 Å².